The number of benzene rings is 4. The minimum Gasteiger partial charge on any atom is -0.508 e. The molecule has 0 spiro atoms. The van der Waals surface area contributed by atoms with Gasteiger partial charge in [0.25, 0.3) is 5.91 Å². The molecule has 4 N–H and O–H groups in total. The van der Waals surface area contributed by atoms with E-state index < -0.39 is 5.97 Å². The highest BCUT2D eigenvalue weighted by Gasteiger charge is 2.21. The zero-order valence-electron chi connectivity index (χ0n) is 26.3. The highest BCUT2D eigenvalue weighted by Crippen LogP contribution is 2.41. The highest BCUT2D eigenvalue weighted by molar-refractivity contribution is 6.07. The number of hydrogen-bond acceptors (Lipinski definition) is 9. The van der Waals surface area contributed by atoms with E-state index in [1.807, 2.05) is 0 Å². The average Bonchev–Trinajstić information content (AvgIpc) is 3.10. The zero-order valence-corrected chi connectivity index (χ0v) is 26.3. The number of ether oxygens (including phenoxy) is 3. The number of nitrogens with one attached hydrogen (secondary N) is 2. The summed E-state index contributed by atoms with van der Waals surface area (Å²) in [4.78, 5) is 48.3. The van der Waals surface area contributed by atoms with Gasteiger partial charge in [-0.3, -0.25) is 14.4 Å². The second-order valence-electron chi connectivity index (χ2n) is 10.7. The topological polar surface area (TPSA) is 174 Å². The van der Waals surface area contributed by atoms with Crippen LogP contribution >= 0.6 is 0 Å². The van der Waals surface area contributed by atoms with Gasteiger partial charge in [-0.05, 0) is 59.7 Å². The molecular weight excluding hydrogens is 632 g/mol. The molecule has 1 aliphatic heterocycles. The Morgan fingerprint density at radius 1 is 0.796 bits per heavy atom. The summed E-state index contributed by atoms with van der Waals surface area (Å²) in [7, 11) is 0. The van der Waals surface area contributed by atoms with Gasteiger partial charge in [0.05, 0.1) is 32.0 Å². The normalized spacial score (nSPS) is 11.2. The van der Waals surface area contributed by atoms with E-state index in [9.17, 15) is 29.4 Å². The SMILES string of the molecule is O=C(/C=C/c1ccc(O)cc1)NCCOCCOCCNC(=O)COc1ccc2c(-c3ccccc3C(=O)O)c3ccc(=O)cc-3oc2c1. The maximum absolute atomic E-state index is 12.4. The maximum Gasteiger partial charge on any atom is 0.336 e. The Balaban J connectivity index is 1.04. The van der Waals surface area contributed by atoms with Crippen molar-refractivity contribution in [2.24, 2.45) is 0 Å². The second kappa shape index (κ2) is 16.7. The van der Waals surface area contributed by atoms with Crippen LogP contribution < -0.4 is 20.8 Å². The molecule has 0 radical (unpaired) electrons. The van der Waals surface area contributed by atoms with Crippen LogP contribution in [0.4, 0.5) is 0 Å². The van der Waals surface area contributed by atoms with Gasteiger partial charge in [0, 0.05) is 47.8 Å². The summed E-state index contributed by atoms with van der Waals surface area (Å²) < 4.78 is 22.6. The molecule has 252 valence electrons. The van der Waals surface area contributed by atoms with Crippen LogP contribution in [0.1, 0.15) is 15.9 Å². The fourth-order valence-corrected chi connectivity index (χ4v) is 4.97. The third kappa shape index (κ3) is 9.53. The molecule has 0 fully saturated rings. The molecule has 2 amide bonds. The molecule has 0 bridgehead atoms. The first-order valence-corrected chi connectivity index (χ1v) is 15.4. The number of carboxylic acids is 1. The quantitative estimate of drug-likeness (QED) is 0.0675. The molecular formula is C37H34N2O10. The summed E-state index contributed by atoms with van der Waals surface area (Å²) >= 11 is 0. The van der Waals surface area contributed by atoms with Crippen LogP contribution in [0.15, 0.2) is 100 Å². The maximum atomic E-state index is 12.4. The van der Waals surface area contributed by atoms with Gasteiger partial charge in [0.2, 0.25) is 5.91 Å². The molecule has 12 heteroatoms. The number of hydrogen-bond donors (Lipinski definition) is 4. The second-order valence-corrected chi connectivity index (χ2v) is 10.7. The number of phenolic OH excluding ortho intramolecular Hbond substituents is 1. The van der Waals surface area contributed by atoms with Crippen LogP contribution in [0.5, 0.6) is 11.5 Å². The Bertz CT molecular complexity index is 1980. The van der Waals surface area contributed by atoms with Gasteiger partial charge in [0.15, 0.2) is 12.0 Å². The summed E-state index contributed by atoms with van der Waals surface area (Å²) in [6.07, 6.45) is 3.05. The fraction of sp³-hybridized carbons (Fsp3) is 0.189. The van der Waals surface area contributed by atoms with Gasteiger partial charge in [-0.2, -0.15) is 0 Å². The number of aromatic carboxylic acids is 1. The highest BCUT2D eigenvalue weighted by atomic mass is 16.5. The van der Waals surface area contributed by atoms with Crippen molar-refractivity contribution in [2.45, 2.75) is 0 Å². The fourth-order valence-electron chi connectivity index (χ4n) is 4.97. The number of carboxylic acid groups (broad SMARTS) is 1. The molecule has 1 aliphatic carbocycles. The van der Waals surface area contributed by atoms with Crippen LogP contribution in [0.25, 0.3) is 39.5 Å². The standard InChI is InChI=1S/C37H34N2O10/c40-25-8-5-24(6-9-25)7-14-34(42)38-15-17-46-19-20-47-18-16-39-35(43)23-48-27-11-13-31-33(22-27)49-32-21-26(41)10-12-30(32)36(31)28-3-1-2-4-29(28)37(44)45/h1-14,21-22,40H,15-20,23H2,(H,38,42)(H,39,43)(H,44,45)/b14-7+. The van der Waals surface area contributed by atoms with Gasteiger partial charge in [0.1, 0.15) is 22.8 Å². The predicted molar refractivity (Wildman–Crippen MR) is 182 cm³/mol. The summed E-state index contributed by atoms with van der Waals surface area (Å²) in [5.41, 5.74) is 2.66. The Morgan fingerprint density at radius 2 is 1.53 bits per heavy atom. The lowest BCUT2D eigenvalue weighted by atomic mass is 9.91. The van der Waals surface area contributed by atoms with Crippen molar-refractivity contribution in [3.05, 3.63) is 112 Å². The minimum absolute atomic E-state index is 0.106. The van der Waals surface area contributed by atoms with E-state index in [4.69, 9.17) is 18.6 Å². The lowest BCUT2D eigenvalue weighted by Crippen LogP contribution is -2.32. The van der Waals surface area contributed by atoms with E-state index in [-0.39, 0.29) is 54.1 Å². The van der Waals surface area contributed by atoms with E-state index in [1.165, 1.54) is 24.3 Å². The lowest BCUT2D eigenvalue weighted by molar-refractivity contribution is -0.123. The number of aromatic hydroxyl groups is 1. The minimum atomic E-state index is -1.08. The molecule has 12 nitrogen and oxygen atoms in total. The molecule has 49 heavy (non-hydrogen) atoms. The summed E-state index contributed by atoms with van der Waals surface area (Å²) in [5, 5.41) is 25.1. The van der Waals surface area contributed by atoms with Gasteiger partial charge < -0.3 is 39.5 Å². The molecule has 3 aromatic rings. The molecule has 0 saturated heterocycles. The number of rotatable bonds is 16. The molecule has 1 heterocycles. The summed E-state index contributed by atoms with van der Waals surface area (Å²) in [6.45, 7) is 1.52. The predicted octanol–water partition coefficient (Wildman–Crippen LogP) is 4.33. The summed E-state index contributed by atoms with van der Waals surface area (Å²) in [5.74, 6) is -0.914. The number of carbonyl (C=O) groups excluding carboxylic acids is 2. The smallest absolute Gasteiger partial charge is 0.336 e. The summed E-state index contributed by atoms with van der Waals surface area (Å²) in [6, 6.07) is 22.4. The Kier molecular flexibility index (Phi) is 11.7. The molecule has 2 aliphatic rings. The van der Waals surface area contributed by atoms with Crippen LogP contribution in [0.2, 0.25) is 0 Å². The van der Waals surface area contributed by atoms with Crippen molar-refractivity contribution >= 4 is 34.8 Å². The molecule has 0 unspecified atom stereocenters. The first kappa shape index (κ1) is 34.4. The van der Waals surface area contributed by atoms with Crippen LogP contribution in [0, 0.1) is 0 Å². The van der Waals surface area contributed by atoms with Crippen molar-refractivity contribution in [2.75, 3.05) is 46.1 Å². The Morgan fingerprint density at radius 3 is 2.29 bits per heavy atom. The number of phenols is 1. The van der Waals surface area contributed by atoms with E-state index in [0.29, 0.717) is 59.8 Å². The first-order valence-electron chi connectivity index (χ1n) is 15.4. The monoisotopic (exact) mass is 666 g/mol. The van der Waals surface area contributed by atoms with Crippen molar-refractivity contribution in [1.82, 2.24) is 10.6 Å². The van der Waals surface area contributed by atoms with E-state index in [1.54, 1.807) is 72.8 Å². The van der Waals surface area contributed by atoms with Crippen LogP contribution in [-0.4, -0.2) is 74.1 Å². The van der Waals surface area contributed by atoms with Gasteiger partial charge >= 0.3 is 5.97 Å². The largest absolute Gasteiger partial charge is 0.508 e. The first-order chi connectivity index (χ1) is 23.8. The number of fused-ring (bicyclic) bond motifs is 2. The van der Waals surface area contributed by atoms with Crippen molar-refractivity contribution in [3.63, 3.8) is 0 Å². The molecule has 0 atom stereocenters. The molecule has 5 rings (SSSR count). The van der Waals surface area contributed by atoms with E-state index in [0.717, 1.165) is 5.56 Å². The molecule has 0 aromatic heterocycles. The van der Waals surface area contributed by atoms with Gasteiger partial charge in [-0.25, -0.2) is 4.79 Å². The lowest BCUT2D eigenvalue weighted by Gasteiger charge is -2.17. The van der Waals surface area contributed by atoms with E-state index in [2.05, 4.69) is 10.6 Å². The van der Waals surface area contributed by atoms with Crippen molar-refractivity contribution in [1.29, 1.82) is 0 Å². The number of amides is 2. The van der Waals surface area contributed by atoms with Crippen molar-refractivity contribution < 1.29 is 43.2 Å². The third-order valence-corrected chi connectivity index (χ3v) is 7.27. The average molecular weight is 667 g/mol. The van der Waals surface area contributed by atoms with Gasteiger partial charge in [-0.1, -0.05) is 30.3 Å². The van der Waals surface area contributed by atoms with Crippen LogP contribution in [-0.2, 0) is 19.1 Å². The van der Waals surface area contributed by atoms with E-state index >= 15 is 0 Å². The molecule has 0 saturated carbocycles. The Hall–Kier alpha value is -5.98. The number of carbonyl (C=O) groups is 3. The van der Waals surface area contributed by atoms with Crippen LogP contribution in [0.3, 0.4) is 0 Å². The molecule has 3 aromatic carbocycles. The third-order valence-electron chi connectivity index (χ3n) is 7.27. The van der Waals surface area contributed by atoms with Gasteiger partial charge in [-0.15, -0.1) is 0 Å². The zero-order chi connectivity index (χ0) is 34.6. The van der Waals surface area contributed by atoms with Crippen molar-refractivity contribution in [3.8, 4) is 33.9 Å². The Labute approximate surface area is 280 Å².